The van der Waals surface area contributed by atoms with E-state index in [0.717, 1.165) is 51.4 Å². The Morgan fingerprint density at radius 2 is 1.89 bits per heavy atom. The average molecular weight is 392 g/mol. The molecule has 1 heterocycles. The van der Waals surface area contributed by atoms with E-state index in [9.17, 15) is 0 Å². The summed E-state index contributed by atoms with van der Waals surface area (Å²) in [5.74, 6) is 1.60. The summed E-state index contributed by atoms with van der Waals surface area (Å²) in [5.41, 5.74) is 2.93. The molecule has 0 unspecified atom stereocenters. The summed E-state index contributed by atoms with van der Waals surface area (Å²) in [4.78, 5) is 5.79. The molecule has 0 aliphatic carbocycles. The first-order valence-electron chi connectivity index (χ1n) is 9.27. The first-order chi connectivity index (χ1) is 13.7. The maximum absolute atomic E-state index is 5.29. The third kappa shape index (κ3) is 5.30. The van der Waals surface area contributed by atoms with Crippen LogP contribution in [0.5, 0.6) is 5.75 Å². The molecule has 2 N–H and O–H groups in total. The molecule has 0 fully saturated rings. The lowest BCUT2D eigenvalue weighted by Gasteiger charge is -2.15. The summed E-state index contributed by atoms with van der Waals surface area (Å²) in [5, 5.41) is 7.69. The maximum Gasteiger partial charge on any atom is 0.131 e. The van der Waals surface area contributed by atoms with Gasteiger partial charge in [0.25, 0.3) is 0 Å². The van der Waals surface area contributed by atoms with Crippen LogP contribution in [-0.4, -0.2) is 18.6 Å². The van der Waals surface area contributed by atoms with E-state index >= 15 is 0 Å². The first kappa shape index (κ1) is 19.8. The van der Waals surface area contributed by atoms with Crippen LogP contribution in [0.25, 0.3) is 5.70 Å². The van der Waals surface area contributed by atoms with E-state index in [1.165, 1.54) is 0 Å². The van der Waals surface area contributed by atoms with Gasteiger partial charge in [0, 0.05) is 28.4 Å². The van der Waals surface area contributed by atoms with Crippen LogP contribution in [0.1, 0.15) is 18.9 Å². The molecular formula is C23H25N3OS. The number of rotatable bonds is 9. The van der Waals surface area contributed by atoms with E-state index in [1.54, 1.807) is 18.9 Å². The van der Waals surface area contributed by atoms with Gasteiger partial charge < -0.3 is 15.4 Å². The van der Waals surface area contributed by atoms with Gasteiger partial charge in [-0.1, -0.05) is 55.6 Å². The van der Waals surface area contributed by atoms with Crippen molar-refractivity contribution in [1.82, 2.24) is 4.98 Å². The number of nitrogens with zero attached hydrogens (tertiary/aromatic N) is 1. The highest BCUT2D eigenvalue weighted by molar-refractivity contribution is 7.99. The molecule has 1 aromatic heterocycles. The molecule has 0 aliphatic heterocycles. The van der Waals surface area contributed by atoms with Gasteiger partial charge in [0.15, 0.2) is 0 Å². The minimum absolute atomic E-state index is 0.767. The van der Waals surface area contributed by atoms with E-state index in [2.05, 4.69) is 36.3 Å². The first-order valence-corrected chi connectivity index (χ1v) is 10.1. The standard InChI is InChI=1S/C23H25N3OS/c1-4-15-24-21-12-6-5-11-20(21)17(2)25-22-13-8-14-23(26-22)28-19-10-7-9-18(16-19)27-3/h5-14,16,24H,2,4,15H2,1,3H3,(H,25,26). The summed E-state index contributed by atoms with van der Waals surface area (Å²) in [6.45, 7) is 7.29. The zero-order valence-electron chi connectivity index (χ0n) is 16.2. The Morgan fingerprint density at radius 3 is 2.71 bits per heavy atom. The molecule has 0 amide bonds. The molecule has 0 saturated carbocycles. The predicted molar refractivity (Wildman–Crippen MR) is 119 cm³/mol. The Morgan fingerprint density at radius 1 is 1.07 bits per heavy atom. The second-order valence-corrected chi connectivity index (χ2v) is 7.31. The zero-order chi connectivity index (χ0) is 19.8. The highest BCUT2D eigenvalue weighted by Gasteiger charge is 2.07. The minimum atomic E-state index is 0.767. The maximum atomic E-state index is 5.29. The van der Waals surface area contributed by atoms with Crippen molar-refractivity contribution in [3.05, 3.63) is 78.9 Å². The molecule has 28 heavy (non-hydrogen) atoms. The molecule has 2 aromatic carbocycles. The molecule has 0 spiro atoms. The van der Waals surface area contributed by atoms with Crippen molar-refractivity contribution in [2.24, 2.45) is 0 Å². The molecule has 5 heteroatoms. The molecule has 0 saturated heterocycles. The SMILES string of the molecule is C=C(Nc1cccc(Sc2cccc(OC)c2)n1)c1ccccc1NCCC. The van der Waals surface area contributed by atoms with Crippen LogP contribution in [-0.2, 0) is 0 Å². The van der Waals surface area contributed by atoms with Gasteiger partial charge in [0.05, 0.1) is 7.11 Å². The second kappa shape index (κ2) is 9.85. The molecule has 0 aliphatic rings. The van der Waals surface area contributed by atoms with E-state index in [-0.39, 0.29) is 0 Å². The fraction of sp³-hybridized carbons (Fsp3) is 0.174. The zero-order valence-corrected chi connectivity index (χ0v) is 17.1. The average Bonchev–Trinajstić information content (AvgIpc) is 2.73. The van der Waals surface area contributed by atoms with Gasteiger partial charge in [-0.05, 0) is 42.8 Å². The van der Waals surface area contributed by atoms with Gasteiger partial charge in [-0.2, -0.15) is 0 Å². The number of nitrogens with one attached hydrogen (secondary N) is 2. The van der Waals surface area contributed by atoms with Gasteiger partial charge in [-0.25, -0.2) is 4.98 Å². The lowest BCUT2D eigenvalue weighted by molar-refractivity contribution is 0.413. The number of aromatic nitrogens is 1. The van der Waals surface area contributed by atoms with Crippen LogP contribution in [0.4, 0.5) is 11.5 Å². The summed E-state index contributed by atoms with van der Waals surface area (Å²) in [6, 6.07) is 22.1. The lowest BCUT2D eigenvalue weighted by Crippen LogP contribution is -2.06. The third-order valence-electron chi connectivity index (χ3n) is 4.08. The minimum Gasteiger partial charge on any atom is -0.497 e. The van der Waals surface area contributed by atoms with Gasteiger partial charge in [0.2, 0.25) is 0 Å². The molecule has 144 valence electrons. The van der Waals surface area contributed by atoms with E-state index in [0.29, 0.717) is 0 Å². The summed E-state index contributed by atoms with van der Waals surface area (Å²) in [7, 11) is 1.67. The number of para-hydroxylation sites is 1. The number of hydrogen-bond acceptors (Lipinski definition) is 5. The summed E-state index contributed by atoms with van der Waals surface area (Å²) >= 11 is 1.60. The fourth-order valence-corrected chi connectivity index (χ4v) is 3.56. The van der Waals surface area contributed by atoms with Crippen molar-refractivity contribution in [1.29, 1.82) is 0 Å². The topological polar surface area (TPSA) is 46.2 Å². The van der Waals surface area contributed by atoms with Crippen molar-refractivity contribution in [3.8, 4) is 5.75 Å². The molecular weight excluding hydrogens is 366 g/mol. The highest BCUT2D eigenvalue weighted by Crippen LogP contribution is 2.30. The smallest absolute Gasteiger partial charge is 0.131 e. The Hall–Kier alpha value is -2.92. The van der Waals surface area contributed by atoms with Crippen LogP contribution in [0, 0.1) is 0 Å². The van der Waals surface area contributed by atoms with Crippen molar-refractivity contribution >= 4 is 29.0 Å². The monoisotopic (exact) mass is 391 g/mol. The number of pyridine rings is 1. The second-order valence-electron chi connectivity index (χ2n) is 6.22. The van der Waals surface area contributed by atoms with Crippen molar-refractivity contribution in [2.45, 2.75) is 23.3 Å². The number of benzene rings is 2. The van der Waals surface area contributed by atoms with Crippen LogP contribution in [0.15, 0.2) is 83.2 Å². The van der Waals surface area contributed by atoms with Crippen molar-refractivity contribution in [2.75, 3.05) is 24.3 Å². The van der Waals surface area contributed by atoms with Crippen molar-refractivity contribution < 1.29 is 4.74 Å². The Labute approximate surface area is 171 Å². The normalized spacial score (nSPS) is 10.4. The lowest BCUT2D eigenvalue weighted by atomic mass is 10.1. The molecule has 0 bridgehead atoms. The molecule has 4 nitrogen and oxygen atoms in total. The Balaban J connectivity index is 1.73. The Kier molecular flexibility index (Phi) is 6.98. The van der Waals surface area contributed by atoms with Gasteiger partial charge in [-0.15, -0.1) is 0 Å². The van der Waals surface area contributed by atoms with Gasteiger partial charge in [0.1, 0.15) is 16.6 Å². The van der Waals surface area contributed by atoms with Gasteiger partial charge in [-0.3, -0.25) is 0 Å². The van der Waals surface area contributed by atoms with E-state index < -0.39 is 0 Å². The third-order valence-corrected chi connectivity index (χ3v) is 5.01. The number of ether oxygens (including phenoxy) is 1. The van der Waals surface area contributed by atoms with E-state index in [1.807, 2.05) is 54.6 Å². The molecule has 3 rings (SSSR count). The van der Waals surface area contributed by atoms with E-state index in [4.69, 9.17) is 9.72 Å². The summed E-state index contributed by atoms with van der Waals surface area (Å²) in [6.07, 6.45) is 1.07. The molecule has 0 radical (unpaired) electrons. The predicted octanol–water partition coefficient (Wildman–Crippen LogP) is 6.15. The molecule has 0 atom stereocenters. The number of anilines is 2. The van der Waals surface area contributed by atoms with Crippen LogP contribution < -0.4 is 15.4 Å². The number of hydrogen-bond donors (Lipinski definition) is 2. The van der Waals surface area contributed by atoms with Gasteiger partial charge >= 0.3 is 0 Å². The van der Waals surface area contributed by atoms with Crippen LogP contribution in [0.2, 0.25) is 0 Å². The quantitative estimate of drug-likeness (QED) is 0.458. The Bertz CT molecular complexity index is 942. The van der Waals surface area contributed by atoms with Crippen LogP contribution >= 0.6 is 11.8 Å². The largest absolute Gasteiger partial charge is 0.497 e. The highest BCUT2D eigenvalue weighted by atomic mass is 32.2. The number of methoxy groups -OCH3 is 1. The molecule has 3 aromatic rings. The van der Waals surface area contributed by atoms with Crippen LogP contribution in [0.3, 0.4) is 0 Å². The summed E-state index contributed by atoms with van der Waals surface area (Å²) < 4.78 is 5.29. The fourth-order valence-electron chi connectivity index (χ4n) is 2.71. The van der Waals surface area contributed by atoms with Crippen molar-refractivity contribution in [3.63, 3.8) is 0 Å².